The summed E-state index contributed by atoms with van der Waals surface area (Å²) >= 11 is 0. The van der Waals surface area contributed by atoms with Crippen molar-refractivity contribution in [2.45, 2.75) is 329 Å². The molecule has 0 aromatic carbocycles. The average molecular weight is 1030 g/mol. The monoisotopic (exact) mass is 1030 g/mol. The summed E-state index contributed by atoms with van der Waals surface area (Å²) < 4.78 is 16.9. The van der Waals surface area contributed by atoms with E-state index in [4.69, 9.17) is 14.2 Å². The van der Waals surface area contributed by atoms with Crippen molar-refractivity contribution in [3.8, 4) is 0 Å². The molecule has 6 nitrogen and oxygen atoms in total. The zero-order valence-corrected chi connectivity index (χ0v) is 49.1. The number of allylic oxidation sites excluding steroid dienone is 12. The summed E-state index contributed by atoms with van der Waals surface area (Å²) in [5, 5.41) is 0. The molecule has 0 aliphatic rings. The molecular weight excluding hydrogens is 913 g/mol. The Morgan fingerprint density at radius 2 is 0.554 bits per heavy atom. The van der Waals surface area contributed by atoms with E-state index in [1.807, 2.05) is 0 Å². The molecule has 1 unspecified atom stereocenters. The van der Waals surface area contributed by atoms with Crippen molar-refractivity contribution in [1.29, 1.82) is 0 Å². The molecule has 0 fully saturated rings. The van der Waals surface area contributed by atoms with Gasteiger partial charge in [-0.3, -0.25) is 14.4 Å². The summed E-state index contributed by atoms with van der Waals surface area (Å²) in [6.07, 6.45) is 80.6. The molecule has 6 heteroatoms. The van der Waals surface area contributed by atoms with Gasteiger partial charge in [0.15, 0.2) is 6.10 Å². The van der Waals surface area contributed by atoms with Crippen LogP contribution in [0.3, 0.4) is 0 Å². The first kappa shape index (κ1) is 70.8. The third-order valence-corrected chi connectivity index (χ3v) is 13.9. The Morgan fingerprint density at radius 1 is 0.284 bits per heavy atom. The van der Waals surface area contributed by atoms with Crippen LogP contribution < -0.4 is 0 Å². The van der Waals surface area contributed by atoms with Crippen molar-refractivity contribution in [2.75, 3.05) is 13.2 Å². The van der Waals surface area contributed by atoms with Gasteiger partial charge >= 0.3 is 17.9 Å². The van der Waals surface area contributed by atoms with Crippen molar-refractivity contribution in [2.24, 2.45) is 0 Å². The lowest BCUT2D eigenvalue weighted by molar-refractivity contribution is -0.167. The first-order valence-corrected chi connectivity index (χ1v) is 31.9. The van der Waals surface area contributed by atoms with Crippen LogP contribution in [-0.4, -0.2) is 37.2 Å². The second kappa shape index (κ2) is 62.4. The SMILES string of the molecule is CC/C=C\C/C=C\C/C=C\C/C=C\C/C=C\CCCCCCCCCCCCCCCC(=O)OCC(COC(=O)CCCCCCC/C=C\CCC)OC(=O)CCCCCCCCCCCCCCCCCCC. The lowest BCUT2D eigenvalue weighted by atomic mass is 10.0. The van der Waals surface area contributed by atoms with Gasteiger partial charge in [0, 0.05) is 19.3 Å². The van der Waals surface area contributed by atoms with Gasteiger partial charge in [0.25, 0.3) is 0 Å². The standard InChI is InChI=1S/C68H120O6/c1-4-7-10-13-16-19-22-24-26-28-29-30-31-32-33-34-35-36-37-38-39-41-42-44-46-49-52-55-58-61-67(70)73-64-65(63-72-66(69)60-57-54-51-48-21-18-15-12-9-6-3)74-68(71)62-59-56-53-50-47-45-43-40-27-25-23-20-17-14-11-8-5-2/h7,10,12,15-16,19,24,26,29-30,32-33,65H,4-6,8-9,11,13-14,17-18,20-23,25,27-28,31,34-64H2,1-3H3/b10-7-,15-12-,19-16-,26-24-,30-29-,33-32-. The summed E-state index contributed by atoms with van der Waals surface area (Å²) in [4.78, 5) is 38.2. The molecule has 1 atom stereocenters. The molecule has 0 saturated carbocycles. The van der Waals surface area contributed by atoms with E-state index in [0.29, 0.717) is 19.3 Å². The number of unbranched alkanes of at least 4 members (excludes halogenated alkanes) is 35. The smallest absolute Gasteiger partial charge is 0.306 e. The highest BCUT2D eigenvalue weighted by Crippen LogP contribution is 2.17. The summed E-state index contributed by atoms with van der Waals surface area (Å²) in [6, 6.07) is 0. The molecule has 0 spiro atoms. The van der Waals surface area contributed by atoms with Gasteiger partial charge in [-0.15, -0.1) is 0 Å². The number of rotatable bonds is 58. The predicted octanol–water partition coefficient (Wildman–Crippen LogP) is 21.7. The van der Waals surface area contributed by atoms with E-state index in [0.717, 1.165) is 103 Å². The van der Waals surface area contributed by atoms with Gasteiger partial charge in [0.05, 0.1) is 0 Å². The fourth-order valence-electron chi connectivity index (χ4n) is 9.18. The topological polar surface area (TPSA) is 78.9 Å². The highest BCUT2D eigenvalue weighted by molar-refractivity contribution is 5.71. The van der Waals surface area contributed by atoms with Crippen LogP contribution in [0.2, 0.25) is 0 Å². The zero-order valence-electron chi connectivity index (χ0n) is 49.1. The van der Waals surface area contributed by atoms with Crippen LogP contribution in [0.15, 0.2) is 72.9 Å². The Kier molecular flexibility index (Phi) is 59.7. The molecule has 0 amide bonds. The fraction of sp³-hybridized carbons (Fsp3) is 0.779. The zero-order chi connectivity index (χ0) is 53.6. The van der Waals surface area contributed by atoms with E-state index in [-0.39, 0.29) is 31.1 Å². The van der Waals surface area contributed by atoms with Crippen molar-refractivity contribution in [3.05, 3.63) is 72.9 Å². The molecule has 0 N–H and O–H groups in total. The van der Waals surface area contributed by atoms with Gasteiger partial charge in [-0.1, -0.05) is 293 Å². The lowest BCUT2D eigenvalue weighted by Gasteiger charge is -2.18. The number of esters is 3. The van der Waals surface area contributed by atoms with Crippen LogP contribution >= 0.6 is 0 Å². The molecule has 74 heavy (non-hydrogen) atoms. The summed E-state index contributed by atoms with van der Waals surface area (Å²) in [7, 11) is 0. The Bertz CT molecular complexity index is 1370. The maximum atomic E-state index is 12.9. The van der Waals surface area contributed by atoms with Gasteiger partial charge in [-0.2, -0.15) is 0 Å². The van der Waals surface area contributed by atoms with E-state index in [9.17, 15) is 14.4 Å². The molecule has 0 radical (unpaired) electrons. The molecule has 0 rings (SSSR count). The van der Waals surface area contributed by atoms with Gasteiger partial charge in [-0.25, -0.2) is 0 Å². The van der Waals surface area contributed by atoms with Gasteiger partial charge in [0.1, 0.15) is 13.2 Å². The van der Waals surface area contributed by atoms with E-state index >= 15 is 0 Å². The second-order valence-corrected chi connectivity index (χ2v) is 21.3. The van der Waals surface area contributed by atoms with Crippen LogP contribution in [0.5, 0.6) is 0 Å². The third kappa shape index (κ3) is 59.7. The van der Waals surface area contributed by atoms with Crippen LogP contribution in [0.1, 0.15) is 323 Å². The van der Waals surface area contributed by atoms with E-state index in [2.05, 4.69) is 93.7 Å². The van der Waals surface area contributed by atoms with Crippen LogP contribution in [0, 0.1) is 0 Å². The van der Waals surface area contributed by atoms with E-state index < -0.39 is 6.10 Å². The number of carbonyl (C=O) groups excluding carboxylic acids is 3. The lowest BCUT2D eigenvalue weighted by Crippen LogP contribution is -2.30. The highest BCUT2D eigenvalue weighted by atomic mass is 16.6. The van der Waals surface area contributed by atoms with Gasteiger partial charge in [-0.05, 0) is 83.5 Å². The summed E-state index contributed by atoms with van der Waals surface area (Å²) in [5.41, 5.74) is 0. The Morgan fingerprint density at radius 3 is 0.892 bits per heavy atom. The number of hydrogen-bond donors (Lipinski definition) is 0. The van der Waals surface area contributed by atoms with Crippen LogP contribution in [0.25, 0.3) is 0 Å². The maximum Gasteiger partial charge on any atom is 0.306 e. The molecule has 0 heterocycles. The minimum Gasteiger partial charge on any atom is -0.462 e. The van der Waals surface area contributed by atoms with Crippen molar-refractivity contribution in [1.82, 2.24) is 0 Å². The van der Waals surface area contributed by atoms with E-state index in [1.165, 1.54) is 180 Å². The number of hydrogen-bond acceptors (Lipinski definition) is 6. The molecular formula is C68H120O6. The fourth-order valence-corrected chi connectivity index (χ4v) is 9.18. The molecule has 0 bridgehead atoms. The predicted molar refractivity (Wildman–Crippen MR) is 321 cm³/mol. The second-order valence-electron chi connectivity index (χ2n) is 21.3. The first-order chi connectivity index (χ1) is 36.5. The van der Waals surface area contributed by atoms with E-state index in [1.54, 1.807) is 0 Å². The quantitative estimate of drug-likeness (QED) is 0.0261. The van der Waals surface area contributed by atoms with Crippen LogP contribution in [0.4, 0.5) is 0 Å². The Hall–Kier alpha value is -3.15. The maximum absolute atomic E-state index is 12.9. The molecule has 0 aromatic rings. The first-order valence-electron chi connectivity index (χ1n) is 31.9. The minimum absolute atomic E-state index is 0.0747. The third-order valence-electron chi connectivity index (χ3n) is 13.9. The molecule has 0 aliphatic carbocycles. The Labute approximate surface area is 459 Å². The largest absolute Gasteiger partial charge is 0.462 e. The summed E-state index contributed by atoms with van der Waals surface area (Å²) in [6.45, 7) is 6.50. The van der Waals surface area contributed by atoms with Crippen LogP contribution in [-0.2, 0) is 28.6 Å². The number of ether oxygens (including phenoxy) is 3. The molecule has 0 aliphatic heterocycles. The molecule has 0 saturated heterocycles. The van der Waals surface area contributed by atoms with Crippen molar-refractivity contribution in [3.63, 3.8) is 0 Å². The van der Waals surface area contributed by atoms with Gasteiger partial charge in [0.2, 0.25) is 0 Å². The van der Waals surface area contributed by atoms with Crippen molar-refractivity contribution < 1.29 is 28.6 Å². The normalized spacial score (nSPS) is 12.5. The summed E-state index contributed by atoms with van der Waals surface area (Å²) in [5.74, 6) is -0.871. The molecule has 428 valence electrons. The average Bonchev–Trinajstić information content (AvgIpc) is 3.40. The minimum atomic E-state index is -0.776. The molecule has 0 aromatic heterocycles. The highest BCUT2D eigenvalue weighted by Gasteiger charge is 2.19. The Balaban J connectivity index is 4.17. The number of carbonyl (C=O) groups is 3. The van der Waals surface area contributed by atoms with Gasteiger partial charge < -0.3 is 14.2 Å². The van der Waals surface area contributed by atoms with Crippen molar-refractivity contribution >= 4 is 17.9 Å².